The van der Waals surface area contributed by atoms with E-state index < -0.39 is 73.6 Å². The van der Waals surface area contributed by atoms with Gasteiger partial charge in [-0.05, 0) is 0 Å². The molecule has 3 aliphatic heterocycles. The Morgan fingerprint density at radius 2 is 1.77 bits per heavy atom. The SMILES string of the molecule is CCC1=N[C@@H]2C([C@@H]3O[C@H](C(=O)O)[C@@H](O)[C@H](O)[C@H]3O)[C@H](O)[C@@H](CO)O[C@@H]2O1. The molecule has 1 unspecified atom stereocenters. The smallest absolute Gasteiger partial charge is 0.335 e. The number of rotatable bonds is 4. The van der Waals surface area contributed by atoms with Crippen LogP contribution in [0, 0.1) is 5.92 Å². The number of aliphatic hydroxyl groups is 5. The highest BCUT2D eigenvalue weighted by Crippen LogP contribution is 2.39. The van der Waals surface area contributed by atoms with Crippen LogP contribution in [0.15, 0.2) is 4.99 Å². The van der Waals surface area contributed by atoms with Crippen molar-refractivity contribution < 1.29 is 49.6 Å². The summed E-state index contributed by atoms with van der Waals surface area (Å²) in [5.41, 5.74) is 0. The second-order valence-electron chi connectivity index (χ2n) is 6.61. The van der Waals surface area contributed by atoms with Crippen LogP contribution >= 0.6 is 0 Å². The van der Waals surface area contributed by atoms with Gasteiger partial charge in [-0.1, -0.05) is 6.92 Å². The zero-order chi connectivity index (χ0) is 19.2. The van der Waals surface area contributed by atoms with E-state index in [0.717, 1.165) is 0 Å². The Labute approximate surface area is 148 Å². The average Bonchev–Trinajstić information content (AvgIpc) is 3.02. The number of hydrogen-bond acceptors (Lipinski definition) is 10. The van der Waals surface area contributed by atoms with Crippen molar-refractivity contribution in [3.05, 3.63) is 0 Å². The minimum atomic E-state index is -1.84. The standard InChI is InChI=1S/C15H23NO10/c1-2-5-16-7-6(8(18)4(3-17)24-15(7)25-5)12-10(20)9(19)11(21)13(26-12)14(22)23/h4,6-13,15,17-21H,2-3H2,1H3,(H,22,23)/t4-,6?,7-,8-,9-,10-,11+,12+,13+,15-/m1/s1. The van der Waals surface area contributed by atoms with Gasteiger partial charge in [0.25, 0.3) is 0 Å². The van der Waals surface area contributed by atoms with Crippen LogP contribution in [-0.2, 0) is 19.0 Å². The molecular formula is C15H23NO10. The summed E-state index contributed by atoms with van der Waals surface area (Å²) < 4.78 is 16.3. The number of aliphatic imine (C=N–C) groups is 1. The van der Waals surface area contributed by atoms with E-state index in [0.29, 0.717) is 12.3 Å². The Kier molecular flexibility index (Phi) is 5.49. The zero-order valence-corrected chi connectivity index (χ0v) is 14.0. The van der Waals surface area contributed by atoms with E-state index in [4.69, 9.17) is 14.2 Å². The number of hydrogen-bond donors (Lipinski definition) is 6. The maximum atomic E-state index is 11.3. The quantitative estimate of drug-likeness (QED) is 0.293. The van der Waals surface area contributed by atoms with E-state index in [-0.39, 0.29) is 0 Å². The molecule has 3 heterocycles. The highest BCUT2D eigenvalue weighted by atomic mass is 16.7. The first-order valence-corrected chi connectivity index (χ1v) is 8.40. The van der Waals surface area contributed by atoms with Crippen molar-refractivity contribution in [1.82, 2.24) is 0 Å². The summed E-state index contributed by atoms with van der Waals surface area (Å²) in [6.07, 6.45) is -11.4. The lowest BCUT2D eigenvalue weighted by Gasteiger charge is -2.48. The van der Waals surface area contributed by atoms with E-state index in [1.54, 1.807) is 6.92 Å². The molecule has 0 aromatic carbocycles. The van der Waals surface area contributed by atoms with Crippen LogP contribution in [0.25, 0.3) is 0 Å². The second-order valence-corrected chi connectivity index (χ2v) is 6.61. The van der Waals surface area contributed by atoms with Gasteiger partial charge in [-0.15, -0.1) is 0 Å². The molecule has 11 heteroatoms. The summed E-state index contributed by atoms with van der Waals surface area (Å²) in [7, 11) is 0. The molecule has 3 rings (SSSR count). The third-order valence-corrected chi connectivity index (χ3v) is 5.06. The van der Waals surface area contributed by atoms with Gasteiger partial charge < -0.3 is 44.8 Å². The van der Waals surface area contributed by atoms with E-state index >= 15 is 0 Å². The molecule has 26 heavy (non-hydrogen) atoms. The lowest BCUT2D eigenvalue weighted by molar-refractivity contribution is -0.279. The zero-order valence-electron chi connectivity index (χ0n) is 14.0. The fourth-order valence-electron chi connectivity index (χ4n) is 3.68. The van der Waals surface area contributed by atoms with Crippen molar-refractivity contribution in [2.24, 2.45) is 10.9 Å². The normalized spacial score (nSPS) is 48.5. The number of ether oxygens (including phenoxy) is 3. The molecular weight excluding hydrogens is 354 g/mol. The summed E-state index contributed by atoms with van der Waals surface area (Å²) in [5, 5.41) is 59.5. The first-order valence-electron chi connectivity index (χ1n) is 8.40. The molecule has 0 bridgehead atoms. The molecule has 0 saturated carbocycles. The molecule has 2 fully saturated rings. The number of carbonyl (C=O) groups is 1. The van der Waals surface area contributed by atoms with Crippen LogP contribution in [0.4, 0.5) is 0 Å². The number of carboxylic acid groups (broad SMARTS) is 1. The Bertz CT molecular complexity index is 571. The van der Waals surface area contributed by atoms with Crippen LogP contribution < -0.4 is 0 Å². The summed E-state index contributed by atoms with van der Waals surface area (Å²) in [4.78, 5) is 15.6. The number of nitrogens with zero attached hydrogens (tertiary/aromatic N) is 1. The van der Waals surface area contributed by atoms with Gasteiger partial charge in [0.05, 0.1) is 18.8 Å². The molecule has 0 aromatic heterocycles. The van der Waals surface area contributed by atoms with Crippen molar-refractivity contribution in [3.8, 4) is 0 Å². The Morgan fingerprint density at radius 1 is 1.08 bits per heavy atom. The first kappa shape index (κ1) is 19.4. The van der Waals surface area contributed by atoms with Gasteiger partial charge in [-0.3, -0.25) is 0 Å². The fraction of sp³-hybridized carbons (Fsp3) is 0.867. The van der Waals surface area contributed by atoms with E-state index in [2.05, 4.69) is 4.99 Å². The molecule has 11 nitrogen and oxygen atoms in total. The fourth-order valence-corrected chi connectivity index (χ4v) is 3.68. The van der Waals surface area contributed by atoms with E-state index in [9.17, 15) is 35.4 Å². The second kappa shape index (κ2) is 7.35. The third kappa shape index (κ3) is 3.09. The molecule has 0 spiro atoms. The minimum Gasteiger partial charge on any atom is -0.479 e. The van der Waals surface area contributed by atoms with Gasteiger partial charge in [0.15, 0.2) is 12.0 Å². The lowest BCUT2D eigenvalue weighted by Crippen LogP contribution is -2.67. The van der Waals surface area contributed by atoms with Crippen molar-refractivity contribution in [1.29, 1.82) is 0 Å². The molecule has 0 amide bonds. The van der Waals surface area contributed by atoms with Crippen molar-refractivity contribution in [2.75, 3.05) is 6.61 Å². The van der Waals surface area contributed by atoms with Crippen LogP contribution in [0.3, 0.4) is 0 Å². The molecule has 0 radical (unpaired) electrons. The number of fused-ring (bicyclic) bond motifs is 1. The predicted octanol–water partition coefficient (Wildman–Crippen LogP) is -3.18. The first-order chi connectivity index (χ1) is 12.3. The van der Waals surface area contributed by atoms with Gasteiger partial charge in [0.1, 0.15) is 30.5 Å². The Morgan fingerprint density at radius 3 is 2.35 bits per heavy atom. The van der Waals surface area contributed by atoms with Gasteiger partial charge in [0, 0.05) is 12.3 Å². The molecule has 0 aliphatic carbocycles. The maximum absolute atomic E-state index is 11.3. The number of carboxylic acids is 1. The van der Waals surface area contributed by atoms with Crippen LogP contribution in [0.5, 0.6) is 0 Å². The van der Waals surface area contributed by atoms with Crippen LogP contribution in [0.1, 0.15) is 13.3 Å². The highest BCUT2D eigenvalue weighted by molar-refractivity contribution is 5.77. The third-order valence-electron chi connectivity index (χ3n) is 5.06. The Hall–Kier alpha value is -1.34. The van der Waals surface area contributed by atoms with E-state index in [1.807, 2.05) is 0 Å². The van der Waals surface area contributed by atoms with Crippen molar-refractivity contribution in [3.63, 3.8) is 0 Å². The average molecular weight is 377 g/mol. The van der Waals surface area contributed by atoms with Crippen molar-refractivity contribution >= 4 is 11.9 Å². The molecule has 0 aromatic rings. The minimum absolute atomic E-state index is 0.344. The largest absolute Gasteiger partial charge is 0.479 e. The predicted molar refractivity (Wildman–Crippen MR) is 82.2 cm³/mol. The molecule has 148 valence electrons. The van der Waals surface area contributed by atoms with Gasteiger partial charge in [0.2, 0.25) is 6.29 Å². The number of aliphatic hydroxyl groups excluding tert-OH is 5. The summed E-state index contributed by atoms with van der Waals surface area (Å²) in [5.74, 6) is -2.21. The molecule has 10 atom stereocenters. The lowest BCUT2D eigenvalue weighted by atomic mass is 9.78. The highest BCUT2D eigenvalue weighted by Gasteiger charge is 2.58. The maximum Gasteiger partial charge on any atom is 0.335 e. The monoisotopic (exact) mass is 377 g/mol. The molecule has 2 saturated heterocycles. The van der Waals surface area contributed by atoms with Gasteiger partial charge >= 0.3 is 5.97 Å². The van der Waals surface area contributed by atoms with E-state index in [1.165, 1.54) is 0 Å². The molecule has 3 aliphatic rings. The topological polar surface area (TPSA) is 178 Å². The van der Waals surface area contributed by atoms with Gasteiger partial charge in [-0.2, -0.15) is 0 Å². The summed E-state index contributed by atoms with van der Waals surface area (Å²) in [6.45, 7) is 1.24. The summed E-state index contributed by atoms with van der Waals surface area (Å²) in [6, 6.07) is -0.834. The van der Waals surface area contributed by atoms with Gasteiger partial charge in [-0.25, -0.2) is 9.79 Å². The van der Waals surface area contributed by atoms with Crippen molar-refractivity contribution in [2.45, 2.75) is 68.4 Å². The van der Waals surface area contributed by atoms with Crippen LogP contribution in [-0.4, -0.2) is 104 Å². The Balaban J connectivity index is 1.94. The summed E-state index contributed by atoms with van der Waals surface area (Å²) >= 11 is 0. The number of aliphatic carboxylic acids is 1. The molecule has 6 N–H and O–H groups in total. The van der Waals surface area contributed by atoms with Crippen LogP contribution in [0.2, 0.25) is 0 Å².